The van der Waals surface area contributed by atoms with E-state index in [9.17, 15) is 23.3 Å². The molecule has 1 heterocycles. The lowest BCUT2D eigenvalue weighted by Crippen LogP contribution is -2.28. The van der Waals surface area contributed by atoms with E-state index in [0.29, 0.717) is 20.4 Å². The number of nitro benzene ring substituents is 1. The Morgan fingerprint density at radius 3 is 2.33 bits per heavy atom. The van der Waals surface area contributed by atoms with E-state index in [4.69, 9.17) is 16.4 Å². The predicted molar refractivity (Wildman–Crippen MR) is 144 cm³/mol. The number of benzene rings is 3. The van der Waals surface area contributed by atoms with Crippen LogP contribution in [0.2, 0.25) is 0 Å². The molecule has 0 bridgehead atoms. The molecule has 1 fully saturated rings. The Morgan fingerprint density at radius 2 is 1.69 bits per heavy atom. The fourth-order valence-corrected chi connectivity index (χ4v) is 5.86. The van der Waals surface area contributed by atoms with Gasteiger partial charge in [0.2, 0.25) is 0 Å². The number of hydrogen-bond donors (Lipinski definition) is 0. The van der Waals surface area contributed by atoms with Crippen LogP contribution >= 0.6 is 24.0 Å². The second-order valence-corrected chi connectivity index (χ2v) is 11.3. The minimum Gasteiger partial charge on any atom is -0.379 e. The maximum Gasteiger partial charge on any atom is 0.339 e. The topological polar surface area (TPSA) is 107 Å². The van der Waals surface area contributed by atoms with Crippen molar-refractivity contribution in [3.63, 3.8) is 0 Å². The normalized spacial score (nSPS) is 15.0. The maximum atomic E-state index is 13.1. The van der Waals surface area contributed by atoms with Gasteiger partial charge in [-0.2, -0.15) is 8.42 Å². The summed E-state index contributed by atoms with van der Waals surface area (Å²) >= 11 is 6.63. The number of anilines is 1. The summed E-state index contributed by atoms with van der Waals surface area (Å²) in [6.45, 7) is 5.42. The second-order valence-electron chi connectivity index (χ2n) is 8.12. The van der Waals surface area contributed by atoms with E-state index in [1.165, 1.54) is 47.9 Å². The van der Waals surface area contributed by atoms with Gasteiger partial charge in [-0.25, -0.2) is 0 Å². The molecule has 3 aromatic rings. The molecule has 0 spiro atoms. The molecule has 0 saturated carbocycles. The van der Waals surface area contributed by atoms with Crippen LogP contribution in [0, 0.1) is 30.9 Å². The predicted octanol–water partition coefficient (Wildman–Crippen LogP) is 5.69. The Hall–Kier alpha value is -3.54. The van der Waals surface area contributed by atoms with E-state index >= 15 is 0 Å². The van der Waals surface area contributed by atoms with Crippen LogP contribution in [0.15, 0.2) is 70.5 Å². The van der Waals surface area contributed by atoms with Crippen LogP contribution in [0.4, 0.5) is 11.4 Å². The van der Waals surface area contributed by atoms with E-state index in [0.717, 1.165) is 22.9 Å². The summed E-state index contributed by atoms with van der Waals surface area (Å²) in [7, 11) is -4.28. The molecule has 1 aliphatic rings. The lowest BCUT2D eigenvalue weighted by molar-refractivity contribution is -0.385. The number of amides is 1. The average molecular weight is 541 g/mol. The highest BCUT2D eigenvalue weighted by Gasteiger charge is 2.34. The maximum absolute atomic E-state index is 13.1. The lowest BCUT2D eigenvalue weighted by Gasteiger charge is -2.17. The Bertz CT molecular complexity index is 1550. The zero-order chi connectivity index (χ0) is 26.2. The van der Waals surface area contributed by atoms with Crippen LogP contribution in [0.3, 0.4) is 0 Å². The highest BCUT2D eigenvalue weighted by Crippen LogP contribution is 2.37. The van der Waals surface area contributed by atoms with Gasteiger partial charge in [-0.3, -0.25) is 19.8 Å². The smallest absolute Gasteiger partial charge is 0.339 e. The standard InChI is InChI=1S/C25H20N2O6S3/c1-15-4-11-21(17(3)12-15)26-24(28)23(35-25(26)34)13-18-6-8-19(9-7-18)33-36(31,32)20-10-5-16(2)22(14-20)27(29)30/h4-14H,1-3H3/b23-13+. The van der Waals surface area contributed by atoms with E-state index in [1.54, 1.807) is 18.2 Å². The molecule has 3 aromatic carbocycles. The summed E-state index contributed by atoms with van der Waals surface area (Å²) in [6, 6.07) is 15.4. The molecule has 184 valence electrons. The number of thiocarbonyl (C=S) groups is 1. The molecule has 36 heavy (non-hydrogen) atoms. The van der Waals surface area contributed by atoms with Gasteiger partial charge in [0.1, 0.15) is 10.6 Å². The fourth-order valence-electron chi connectivity index (χ4n) is 3.62. The molecule has 11 heteroatoms. The van der Waals surface area contributed by atoms with Gasteiger partial charge in [-0.15, -0.1) is 0 Å². The van der Waals surface area contributed by atoms with Gasteiger partial charge in [0.05, 0.1) is 15.5 Å². The monoisotopic (exact) mass is 540 g/mol. The van der Waals surface area contributed by atoms with Crippen molar-refractivity contribution in [1.29, 1.82) is 0 Å². The zero-order valence-electron chi connectivity index (χ0n) is 19.4. The first kappa shape index (κ1) is 25.5. The van der Waals surface area contributed by atoms with Crippen molar-refractivity contribution >= 4 is 61.8 Å². The number of thioether (sulfide) groups is 1. The average Bonchev–Trinajstić information content (AvgIpc) is 3.07. The second kappa shape index (κ2) is 9.84. The summed E-state index contributed by atoms with van der Waals surface area (Å²) in [5.74, 6) is -0.209. The van der Waals surface area contributed by atoms with E-state index in [1.807, 2.05) is 32.0 Å². The number of hydrogen-bond acceptors (Lipinski definition) is 8. The van der Waals surface area contributed by atoms with Crippen LogP contribution < -0.4 is 9.08 Å². The third-order valence-corrected chi connectivity index (χ3v) is 7.98. The SMILES string of the molecule is Cc1ccc(N2C(=O)/C(=C\c3ccc(OS(=O)(=O)c4ccc(C)c([N+](=O)[O-])c4)cc3)SC2=S)c(C)c1. The molecule has 0 N–H and O–H groups in total. The van der Waals surface area contributed by atoms with Gasteiger partial charge in [0.15, 0.2) is 4.32 Å². The molecule has 0 atom stereocenters. The van der Waals surface area contributed by atoms with Crippen molar-refractivity contribution in [1.82, 2.24) is 0 Å². The van der Waals surface area contributed by atoms with Crippen molar-refractivity contribution in [3.8, 4) is 5.75 Å². The van der Waals surface area contributed by atoms with Crippen molar-refractivity contribution in [2.75, 3.05) is 4.90 Å². The molecule has 0 unspecified atom stereocenters. The quantitative estimate of drug-likeness (QED) is 0.129. The van der Waals surface area contributed by atoms with Crippen LogP contribution in [-0.2, 0) is 14.9 Å². The number of carbonyl (C=O) groups excluding carboxylic acids is 1. The third kappa shape index (κ3) is 5.18. The summed E-state index contributed by atoms with van der Waals surface area (Å²) in [6.07, 6.45) is 1.67. The van der Waals surface area contributed by atoms with Crippen molar-refractivity contribution in [3.05, 3.63) is 97.9 Å². The van der Waals surface area contributed by atoms with Gasteiger partial charge in [0.25, 0.3) is 11.6 Å². The van der Waals surface area contributed by atoms with Crippen molar-refractivity contribution in [2.24, 2.45) is 0 Å². The molecule has 1 amide bonds. The molecule has 1 saturated heterocycles. The van der Waals surface area contributed by atoms with Crippen molar-refractivity contribution < 1.29 is 22.3 Å². The number of carbonyl (C=O) groups is 1. The van der Waals surface area contributed by atoms with Gasteiger partial charge >= 0.3 is 10.1 Å². The van der Waals surface area contributed by atoms with Gasteiger partial charge in [0, 0.05) is 11.6 Å². The number of nitrogens with zero attached hydrogens (tertiary/aromatic N) is 2. The summed E-state index contributed by atoms with van der Waals surface area (Å²) in [5.41, 5.74) is 3.43. The number of nitro groups is 1. The Kier molecular flexibility index (Phi) is 6.98. The number of aryl methyl sites for hydroxylation is 3. The lowest BCUT2D eigenvalue weighted by atomic mass is 10.1. The van der Waals surface area contributed by atoms with E-state index in [-0.39, 0.29) is 22.2 Å². The molecule has 1 aliphatic heterocycles. The minimum absolute atomic E-state index is 0.0261. The van der Waals surface area contributed by atoms with E-state index < -0.39 is 15.0 Å². The fraction of sp³-hybridized carbons (Fsp3) is 0.120. The largest absolute Gasteiger partial charge is 0.379 e. The molecular weight excluding hydrogens is 520 g/mol. The first-order chi connectivity index (χ1) is 17.0. The van der Waals surface area contributed by atoms with E-state index in [2.05, 4.69) is 0 Å². The number of rotatable bonds is 6. The van der Waals surface area contributed by atoms with Crippen molar-refractivity contribution in [2.45, 2.75) is 25.7 Å². The summed E-state index contributed by atoms with van der Waals surface area (Å²) in [5, 5.41) is 11.1. The molecule has 4 rings (SSSR count). The molecular formula is C25H20N2O6S3. The Labute approximate surface area is 217 Å². The van der Waals surface area contributed by atoms with Gasteiger partial charge in [-0.05, 0) is 62.2 Å². The molecule has 8 nitrogen and oxygen atoms in total. The highest BCUT2D eigenvalue weighted by molar-refractivity contribution is 8.27. The van der Waals surface area contributed by atoms with Crippen LogP contribution in [0.25, 0.3) is 6.08 Å². The summed E-state index contributed by atoms with van der Waals surface area (Å²) in [4.78, 5) is 25.2. The Balaban J connectivity index is 1.53. The first-order valence-electron chi connectivity index (χ1n) is 10.6. The molecule has 0 radical (unpaired) electrons. The third-order valence-electron chi connectivity index (χ3n) is 5.44. The van der Waals surface area contributed by atoms with Crippen LogP contribution in [0.5, 0.6) is 5.75 Å². The molecule has 0 aliphatic carbocycles. The minimum atomic E-state index is -4.28. The summed E-state index contributed by atoms with van der Waals surface area (Å²) < 4.78 is 30.8. The Morgan fingerprint density at radius 1 is 1.00 bits per heavy atom. The highest BCUT2D eigenvalue weighted by atomic mass is 32.2. The van der Waals surface area contributed by atoms with Crippen LogP contribution in [-0.4, -0.2) is 23.6 Å². The van der Waals surface area contributed by atoms with Gasteiger partial charge < -0.3 is 4.18 Å². The first-order valence-corrected chi connectivity index (χ1v) is 13.2. The van der Waals surface area contributed by atoms with Crippen LogP contribution in [0.1, 0.15) is 22.3 Å². The zero-order valence-corrected chi connectivity index (χ0v) is 21.9. The molecule has 0 aromatic heterocycles. The van der Waals surface area contributed by atoms with Gasteiger partial charge in [-0.1, -0.05) is 59.9 Å².